The number of nitrogens with zero attached hydrogens (tertiary/aromatic N) is 7. The van der Waals surface area contributed by atoms with Gasteiger partial charge in [0.15, 0.2) is 0 Å². The Morgan fingerprint density at radius 1 is 0.861 bits per heavy atom. The number of anilines is 3. The maximum atomic E-state index is 6.39. The van der Waals surface area contributed by atoms with Crippen molar-refractivity contribution in [3.63, 3.8) is 0 Å². The second kappa shape index (κ2) is 9.50. The fraction of sp³-hybridized carbons (Fsp3) is 0.370. The zero-order chi connectivity index (χ0) is 24.6. The summed E-state index contributed by atoms with van der Waals surface area (Å²) < 4.78 is 7.41. The van der Waals surface area contributed by atoms with E-state index in [9.17, 15) is 0 Å². The largest absolute Gasteiger partial charge is 0.495 e. The lowest BCUT2D eigenvalue weighted by Crippen LogP contribution is -2.46. The van der Waals surface area contributed by atoms with Gasteiger partial charge in [0.1, 0.15) is 11.4 Å². The van der Waals surface area contributed by atoms with E-state index >= 15 is 0 Å². The van der Waals surface area contributed by atoms with E-state index < -0.39 is 0 Å². The van der Waals surface area contributed by atoms with Gasteiger partial charge in [0.2, 0.25) is 5.95 Å². The van der Waals surface area contributed by atoms with Crippen molar-refractivity contribution in [3.05, 3.63) is 59.6 Å². The molecule has 1 aromatic carbocycles. The number of pyridine rings is 1. The molecule has 2 aliphatic rings. The molecule has 0 aliphatic carbocycles. The van der Waals surface area contributed by atoms with Crippen LogP contribution in [0, 0.1) is 6.92 Å². The van der Waals surface area contributed by atoms with E-state index in [0.717, 1.165) is 73.4 Å². The minimum absolute atomic E-state index is 0.588. The third kappa shape index (κ3) is 4.30. The van der Waals surface area contributed by atoms with E-state index in [1.54, 1.807) is 7.11 Å². The van der Waals surface area contributed by atoms with Gasteiger partial charge in [-0.05, 0) is 43.5 Å². The molecule has 2 fully saturated rings. The quantitative estimate of drug-likeness (QED) is 0.391. The molecule has 0 bridgehead atoms. The van der Waals surface area contributed by atoms with Crippen LogP contribution in [0.15, 0.2) is 49.1 Å². The lowest BCUT2D eigenvalue weighted by atomic mass is 10.1. The Bertz CT molecular complexity index is 1370. The summed E-state index contributed by atoms with van der Waals surface area (Å²) in [6.45, 7) is 7.91. The Morgan fingerprint density at radius 2 is 1.56 bits per heavy atom. The molecule has 3 aromatic heterocycles. The van der Waals surface area contributed by atoms with Crippen LogP contribution in [0.25, 0.3) is 16.9 Å². The molecule has 0 saturated carbocycles. The van der Waals surface area contributed by atoms with Gasteiger partial charge in [-0.15, -0.1) is 0 Å². The molecular formula is C27H30ClN7O. The van der Waals surface area contributed by atoms with E-state index in [1.807, 2.05) is 37.6 Å². The Hall–Kier alpha value is -3.52. The molecule has 4 aromatic rings. The summed E-state index contributed by atoms with van der Waals surface area (Å²) in [6, 6.07) is 8.21. The lowest BCUT2D eigenvalue weighted by molar-refractivity contribution is 0.415. The van der Waals surface area contributed by atoms with Crippen molar-refractivity contribution in [2.75, 3.05) is 61.1 Å². The van der Waals surface area contributed by atoms with Crippen molar-refractivity contribution in [3.8, 4) is 17.0 Å². The third-order valence-corrected chi connectivity index (χ3v) is 7.54. The molecule has 186 valence electrons. The highest BCUT2D eigenvalue weighted by molar-refractivity contribution is 6.32. The number of rotatable bonds is 5. The minimum atomic E-state index is 0.588. The average molecular weight is 504 g/mol. The van der Waals surface area contributed by atoms with Crippen molar-refractivity contribution < 1.29 is 4.74 Å². The van der Waals surface area contributed by atoms with Gasteiger partial charge in [-0.25, -0.2) is 15.0 Å². The average Bonchev–Trinajstić information content (AvgIpc) is 3.60. The molecule has 0 atom stereocenters. The van der Waals surface area contributed by atoms with Crippen LogP contribution in [-0.4, -0.2) is 65.7 Å². The van der Waals surface area contributed by atoms with Crippen LogP contribution in [-0.2, 0) is 0 Å². The fourth-order valence-electron chi connectivity index (χ4n) is 5.17. The summed E-state index contributed by atoms with van der Waals surface area (Å²) in [6.07, 6.45) is 10.5. The van der Waals surface area contributed by atoms with Crippen molar-refractivity contribution in [2.24, 2.45) is 0 Å². The van der Waals surface area contributed by atoms with E-state index in [0.29, 0.717) is 10.8 Å². The van der Waals surface area contributed by atoms with Crippen LogP contribution >= 0.6 is 11.6 Å². The number of aromatic nitrogens is 4. The van der Waals surface area contributed by atoms with Crippen LogP contribution in [0.1, 0.15) is 18.4 Å². The molecule has 0 spiro atoms. The Balaban J connectivity index is 1.15. The maximum absolute atomic E-state index is 6.39. The Labute approximate surface area is 216 Å². The zero-order valence-electron chi connectivity index (χ0n) is 20.7. The van der Waals surface area contributed by atoms with Gasteiger partial charge in [0, 0.05) is 69.0 Å². The highest BCUT2D eigenvalue weighted by Crippen LogP contribution is 2.33. The van der Waals surface area contributed by atoms with Crippen molar-refractivity contribution in [2.45, 2.75) is 19.8 Å². The van der Waals surface area contributed by atoms with Crippen LogP contribution < -0.4 is 19.4 Å². The molecule has 0 N–H and O–H groups in total. The standard InChI is InChI=1S/C27H30ClN7O/c1-19-13-25(36-2)23(28)15-22(19)24-18-35-8-5-20(14-26(35)31-24)32-9-11-33(12-10-32)21-16-29-27(30-17-21)34-6-3-4-7-34/h5,8,13-18H,3-4,6-7,9-12H2,1-2H3. The highest BCUT2D eigenvalue weighted by Gasteiger charge is 2.20. The van der Waals surface area contributed by atoms with Gasteiger partial charge in [-0.3, -0.25) is 0 Å². The topological polar surface area (TPSA) is 62.0 Å². The van der Waals surface area contributed by atoms with Crippen molar-refractivity contribution in [1.82, 2.24) is 19.4 Å². The van der Waals surface area contributed by atoms with E-state index in [2.05, 4.69) is 47.4 Å². The van der Waals surface area contributed by atoms with Crippen LogP contribution in [0.5, 0.6) is 5.75 Å². The molecule has 0 radical (unpaired) electrons. The number of fused-ring (bicyclic) bond motifs is 1. The van der Waals surface area contributed by atoms with Gasteiger partial charge >= 0.3 is 0 Å². The molecule has 6 rings (SSSR count). The number of ether oxygens (including phenoxy) is 1. The molecule has 2 aliphatic heterocycles. The highest BCUT2D eigenvalue weighted by atomic mass is 35.5. The first-order valence-electron chi connectivity index (χ1n) is 12.5. The molecule has 36 heavy (non-hydrogen) atoms. The summed E-state index contributed by atoms with van der Waals surface area (Å²) >= 11 is 6.39. The number of hydrogen-bond acceptors (Lipinski definition) is 7. The Morgan fingerprint density at radius 3 is 2.25 bits per heavy atom. The van der Waals surface area contributed by atoms with E-state index in [-0.39, 0.29) is 0 Å². The van der Waals surface area contributed by atoms with E-state index in [1.165, 1.54) is 18.5 Å². The molecule has 0 unspecified atom stereocenters. The van der Waals surface area contributed by atoms with Crippen LogP contribution in [0.2, 0.25) is 5.02 Å². The number of imidazole rings is 1. The first-order chi connectivity index (χ1) is 17.6. The van der Waals surface area contributed by atoms with Gasteiger partial charge in [-0.2, -0.15) is 0 Å². The predicted molar refractivity (Wildman–Crippen MR) is 145 cm³/mol. The zero-order valence-corrected chi connectivity index (χ0v) is 21.4. The van der Waals surface area contributed by atoms with Gasteiger partial charge in [0.25, 0.3) is 0 Å². The second-order valence-electron chi connectivity index (χ2n) is 9.49. The number of benzene rings is 1. The monoisotopic (exact) mass is 503 g/mol. The summed E-state index contributed by atoms with van der Waals surface area (Å²) in [4.78, 5) is 21.2. The smallest absolute Gasteiger partial charge is 0.225 e. The van der Waals surface area contributed by atoms with Crippen molar-refractivity contribution >= 4 is 34.6 Å². The molecule has 2 saturated heterocycles. The summed E-state index contributed by atoms with van der Waals surface area (Å²) in [5, 5.41) is 0.588. The number of aryl methyl sites for hydroxylation is 1. The van der Waals surface area contributed by atoms with Crippen LogP contribution in [0.3, 0.4) is 0 Å². The van der Waals surface area contributed by atoms with E-state index in [4.69, 9.17) is 21.3 Å². The molecule has 9 heteroatoms. The van der Waals surface area contributed by atoms with Crippen molar-refractivity contribution in [1.29, 1.82) is 0 Å². The first kappa shape index (κ1) is 22.9. The van der Waals surface area contributed by atoms with Gasteiger partial charge in [-0.1, -0.05) is 11.6 Å². The second-order valence-corrected chi connectivity index (χ2v) is 9.89. The lowest BCUT2D eigenvalue weighted by Gasteiger charge is -2.37. The fourth-order valence-corrected chi connectivity index (χ4v) is 5.41. The first-order valence-corrected chi connectivity index (χ1v) is 12.9. The predicted octanol–water partition coefficient (Wildman–Crippen LogP) is 4.69. The van der Waals surface area contributed by atoms with Gasteiger partial charge in [0.05, 0.1) is 35.9 Å². The number of halogens is 1. The normalized spacial score (nSPS) is 16.2. The minimum Gasteiger partial charge on any atom is -0.495 e. The van der Waals surface area contributed by atoms with Crippen LogP contribution in [0.4, 0.5) is 17.3 Å². The molecule has 8 nitrogen and oxygen atoms in total. The summed E-state index contributed by atoms with van der Waals surface area (Å²) in [5.74, 6) is 1.53. The summed E-state index contributed by atoms with van der Waals surface area (Å²) in [5.41, 5.74) is 6.19. The summed E-state index contributed by atoms with van der Waals surface area (Å²) in [7, 11) is 1.63. The molecule has 0 amide bonds. The number of methoxy groups -OCH3 is 1. The number of piperazine rings is 1. The third-order valence-electron chi connectivity index (χ3n) is 7.24. The SMILES string of the molecule is COc1cc(C)c(-c2cn3ccc(N4CCN(c5cnc(N6CCCC6)nc5)CC4)cc3n2)cc1Cl. The maximum Gasteiger partial charge on any atom is 0.225 e. The molecular weight excluding hydrogens is 474 g/mol. The Kier molecular flexibility index (Phi) is 6.05. The van der Waals surface area contributed by atoms with Gasteiger partial charge < -0.3 is 23.8 Å². The number of hydrogen-bond donors (Lipinski definition) is 0. The molecule has 5 heterocycles.